The van der Waals surface area contributed by atoms with Crippen molar-refractivity contribution < 1.29 is 18.3 Å². The number of aryl methyl sites for hydroxylation is 1. The van der Waals surface area contributed by atoms with Crippen LogP contribution in [-0.4, -0.2) is 50.6 Å². The number of carbonyl (C=O) groups is 1. The maximum Gasteiger partial charge on any atom is 0.387 e. The monoisotopic (exact) mass is 375 g/mol. The molecule has 0 spiro atoms. The second kappa shape index (κ2) is 6.74. The van der Waals surface area contributed by atoms with E-state index < -0.39 is 6.61 Å². The third-order valence-corrected chi connectivity index (χ3v) is 4.25. The first kappa shape index (κ1) is 17.1. The van der Waals surface area contributed by atoms with Crippen LogP contribution in [0.3, 0.4) is 0 Å². The molecule has 1 aliphatic heterocycles. The Morgan fingerprint density at radius 1 is 1.33 bits per heavy atom. The maximum absolute atomic E-state index is 12.4. The molecule has 4 rings (SSSR count). The van der Waals surface area contributed by atoms with Gasteiger partial charge in [0.15, 0.2) is 17.0 Å². The smallest absolute Gasteiger partial charge is 0.387 e. The van der Waals surface area contributed by atoms with Crippen molar-refractivity contribution in [1.82, 2.24) is 25.0 Å². The SMILES string of the molecule is Cn1nnc2c(N3CC(C(=O)Nc4cccc(OC(F)F)c4)C3)ncnc21. The highest BCUT2D eigenvalue weighted by atomic mass is 19.3. The van der Waals surface area contributed by atoms with Crippen molar-refractivity contribution in [2.45, 2.75) is 6.61 Å². The quantitative estimate of drug-likeness (QED) is 0.720. The number of amides is 1. The molecule has 1 aromatic carbocycles. The Kier molecular flexibility index (Phi) is 4.26. The molecule has 0 aliphatic carbocycles. The largest absolute Gasteiger partial charge is 0.435 e. The highest BCUT2D eigenvalue weighted by Crippen LogP contribution is 2.28. The zero-order valence-corrected chi connectivity index (χ0v) is 14.2. The second-order valence-corrected chi connectivity index (χ2v) is 6.08. The zero-order valence-electron chi connectivity index (χ0n) is 14.2. The molecule has 0 saturated carbocycles. The fourth-order valence-electron chi connectivity index (χ4n) is 2.88. The van der Waals surface area contributed by atoms with E-state index in [9.17, 15) is 13.6 Å². The highest BCUT2D eigenvalue weighted by molar-refractivity contribution is 5.95. The van der Waals surface area contributed by atoms with Crippen LogP contribution in [-0.2, 0) is 11.8 Å². The molecule has 2 aromatic heterocycles. The van der Waals surface area contributed by atoms with E-state index in [0.29, 0.717) is 35.8 Å². The minimum absolute atomic E-state index is 0.0101. The maximum atomic E-state index is 12.4. The van der Waals surface area contributed by atoms with E-state index in [1.807, 2.05) is 4.90 Å². The molecule has 0 radical (unpaired) electrons. The molecule has 0 bridgehead atoms. The van der Waals surface area contributed by atoms with Gasteiger partial charge in [-0.25, -0.2) is 14.6 Å². The number of ether oxygens (including phenoxy) is 1. The first-order valence-corrected chi connectivity index (χ1v) is 8.12. The summed E-state index contributed by atoms with van der Waals surface area (Å²) in [6.07, 6.45) is 1.43. The predicted octanol–water partition coefficient (Wildman–Crippen LogP) is 1.43. The fraction of sp³-hybridized carbons (Fsp3) is 0.312. The van der Waals surface area contributed by atoms with Gasteiger partial charge in [0.1, 0.15) is 12.1 Å². The number of hydrogen-bond donors (Lipinski definition) is 1. The van der Waals surface area contributed by atoms with Gasteiger partial charge >= 0.3 is 6.61 Å². The van der Waals surface area contributed by atoms with E-state index in [4.69, 9.17) is 0 Å². The lowest BCUT2D eigenvalue weighted by Gasteiger charge is -2.38. The molecule has 3 heterocycles. The number of nitrogens with one attached hydrogen (secondary N) is 1. The van der Waals surface area contributed by atoms with Gasteiger partial charge in [0.25, 0.3) is 0 Å². The summed E-state index contributed by atoms with van der Waals surface area (Å²) < 4.78 is 30.5. The minimum atomic E-state index is -2.91. The molecule has 1 aliphatic rings. The summed E-state index contributed by atoms with van der Waals surface area (Å²) in [5.74, 6) is 0.157. The number of aromatic nitrogens is 5. The van der Waals surface area contributed by atoms with Gasteiger partial charge in [-0.3, -0.25) is 4.79 Å². The second-order valence-electron chi connectivity index (χ2n) is 6.08. The third kappa shape index (κ3) is 3.35. The third-order valence-electron chi connectivity index (χ3n) is 4.25. The molecule has 0 atom stereocenters. The summed E-state index contributed by atoms with van der Waals surface area (Å²) >= 11 is 0. The number of carbonyl (C=O) groups excluding carboxylic acids is 1. The van der Waals surface area contributed by atoms with Crippen molar-refractivity contribution in [3.8, 4) is 5.75 Å². The molecule has 0 unspecified atom stereocenters. The average Bonchev–Trinajstić information content (AvgIpc) is 2.95. The average molecular weight is 375 g/mol. The van der Waals surface area contributed by atoms with Crippen LogP contribution in [0.25, 0.3) is 11.2 Å². The Bertz CT molecular complexity index is 988. The number of anilines is 2. The van der Waals surface area contributed by atoms with Crippen molar-refractivity contribution in [2.75, 3.05) is 23.3 Å². The van der Waals surface area contributed by atoms with E-state index in [1.54, 1.807) is 17.8 Å². The van der Waals surface area contributed by atoms with Gasteiger partial charge in [-0.15, -0.1) is 5.10 Å². The fourth-order valence-corrected chi connectivity index (χ4v) is 2.88. The summed E-state index contributed by atoms with van der Waals surface area (Å²) in [5, 5.41) is 10.7. The van der Waals surface area contributed by atoms with E-state index in [0.717, 1.165) is 0 Å². The van der Waals surface area contributed by atoms with E-state index in [-0.39, 0.29) is 17.6 Å². The number of benzene rings is 1. The highest BCUT2D eigenvalue weighted by Gasteiger charge is 2.35. The van der Waals surface area contributed by atoms with Gasteiger partial charge in [0.05, 0.1) is 5.92 Å². The molecule has 1 saturated heterocycles. The van der Waals surface area contributed by atoms with Crippen LogP contribution in [0.2, 0.25) is 0 Å². The minimum Gasteiger partial charge on any atom is -0.435 e. The van der Waals surface area contributed by atoms with Gasteiger partial charge in [0.2, 0.25) is 5.91 Å². The van der Waals surface area contributed by atoms with Gasteiger partial charge in [-0.1, -0.05) is 11.3 Å². The van der Waals surface area contributed by atoms with E-state index in [2.05, 4.69) is 30.3 Å². The Balaban J connectivity index is 1.40. The first-order chi connectivity index (χ1) is 13.0. The Hall–Kier alpha value is -3.37. The van der Waals surface area contributed by atoms with Crippen molar-refractivity contribution in [3.63, 3.8) is 0 Å². The van der Waals surface area contributed by atoms with Gasteiger partial charge < -0.3 is 15.0 Å². The Labute approximate surface area is 152 Å². The molecule has 1 fully saturated rings. The van der Waals surface area contributed by atoms with Crippen LogP contribution in [0.5, 0.6) is 5.75 Å². The summed E-state index contributed by atoms with van der Waals surface area (Å²) in [5.41, 5.74) is 1.59. The number of rotatable bonds is 5. The number of hydrogen-bond acceptors (Lipinski definition) is 7. The van der Waals surface area contributed by atoms with Crippen molar-refractivity contribution >= 4 is 28.6 Å². The first-order valence-electron chi connectivity index (χ1n) is 8.12. The van der Waals surface area contributed by atoms with Crippen molar-refractivity contribution in [2.24, 2.45) is 13.0 Å². The van der Waals surface area contributed by atoms with Crippen molar-refractivity contribution in [3.05, 3.63) is 30.6 Å². The molecule has 27 heavy (non-hydrogen) atoms. The lowest BCUT2D eigenvalue weighted by Crippen LogP contribution is -2.52. The molecule has 11 heteroatoms. The van der Waals surface area contributed by atoms with Gasteiger partial charge in [-0.05, 0) is 12.1 Å². The molecule has 1 N–H and O–H groups in total. The molecular weight excluding hydrogens is 360 g/mol. The number of nitrogens with zero attached hydrogens (tertiary/aromatic N) is 6. The standard InChI is InChI=1S/C16H15F2N7O2/c1-24-13-12(22-23-24)14(20-8-19-13)25-6-9(7-25)15(26)21-10-3-2-4-11(5-10)27-16(17)18/h2-5,8-9,16H,6-7H2,1H3,(H,21,26). The zero-order chi connectivity index (χ0) is 19.0. The van der Waals surface area contributed by atoms with Crippen LogP contribution in [0.15, 0.2) is 30.6 Å². The number of alkyl halides is 2. The van der Waals surface area contributed by atoms with Crippen LogP contribution in [0.4, 0.5) is 20.3 Å². The van der Waals surface area contributed by atoms with Gasteiger partial charge in [-0.2, -0.15) is 8.78 Å². The molecule has 1 amide bonds. The molecule has 3 aromatic rings. The summed E-state index contributed by atoms with van der Waals surface area (Å²) in [6, 6.07) is 5.90. The van der Waals surface area contributed by atoms with E-state index >= 15 is 0 Å². The topological polar surface area (TPSA) is 98.1 Å². The lowest BCUT2D eigenvalue weighted by molar-refractivity contribution is -0.120. The predicted molar refractivity (Wildman–Crippen MR) is 91.5 cm³/mol. The Morgan fingerprint density at radius 2 is 2.15 bits per heavy atom. The van der Waals surface area contributed by atoms with Crippen LogP contribution >= 0.6 is 0 Å². The van der Waals surface area contributed by atoms with Crippen molar-refractivity contribution in [1.29, 1.82) is 0 Å². The molecule has 140 valence electrons. The lowest BCUT2D eigenvalue weighted by atomic mass is 9.99. The number of fused-ring (bicyclic) bond motifs is 1. The van der Waals surface area contributed by atoms with Gasteiger partial charge in [0, 0.05) is 31.9 Å². The molecular formula is C16H15F2N7O2. The Morgan fingerprint density at radius 3 is 2.93 bits per heavy atom. The molecule has 9 nitrogen and oxygen atoms in total. The van der Waals surface area contributed by atoms with Crippen LogP contribution in [0.1, 0.15) is 0 Å². The summed E-state index contributed by atoms with van der Waals surface area (Å²) in [6.45, 7) is -1.99. The summed E-state index contributed by atoms with van der Waals surface area (Å²) in [7, 11) is 1.74. The van der Waals surface area contributed by atoms with Crippen LogP contribution in [0, 0.1) is 5.92 Å². The summed E-state index contributed by atoms with van der Waals surface area (Å²) in [4.78, 5) is 22.7. The number of halogens is 2. The van der Waals surface area contributed by atoms with Crippen LogP contribution < -0.4 is 15.0 Å². The normalized spacial score (nSPS) is 14.4. The van der Waals surface area contributed by atoms with E-state index in [1.165, 1.54) is 24.5 Å².